The maximum absolute atomic E-state index is 12.8. The molecule has 1 amide bonds. The molecule has 3 aromatic heterocycles. The number of hydrogen-bond acceptors (Lipinski definition) is 4. The highest BCUT2D eigenvalue weighted by atomic mass is 32.1. The molecule has 5 nitrogen and oxygen atoms in total. The lowest BCUT2D eigenvalue weighted by Gasteiger charge is -2.09. The average Bonchev–Trinajstić information content (AvgIpc) is 3.32. The number of fused-ring (bicyclic) bond motifs is 1. The predicted octanol–water partition coefficient (Wildman–Crippen LogP) is 4.41. The van der Waals surface area contributed by atoms with Crippen LogP contribution in [0, 0.1) is 0 Å². The molecule has 9 heteroatoms. The van der Waals surface area contributed by atoms with Crippen LogP contribution in [0.1, 0.15) is 21.5 Å². The Balaban J connectivity index is 1.48. The molecular weight excluding hydrogens is 389 g/mol. The van der Waals surface area contributed by atoms with Crippen LogP contribution in [0.15, 0.2) is 60.2 Å². The fourth-order valence-electron chi connectivity index (χ4n) is 2.73. The van der Waals surface area contributed by atoms with Crippen molar-refractivity contribution in [2.24, 2.45) is 0 Å². The van der Waals surface area contributed by atoms with Crippen molar-refractivity contribution < 1.29 is 18.0 Å². The number of carbonyl (C=O) groups excluding carboxylic acids is 1. The molecule has 0 unspecified atom stereocenters. The number of alkyl halides is 3. The zero-order valence-electron chi connectivity index (χ0n) is 14.3. The summed E-state index contributed by atoms with van der Waals surface area (Å²) in [5.74, 6) is -0.360. The van der Waals surface area contributed by atoms with Crippen molar-refractivity contribution in [2.45, 2.75) is 12.7 Å². The van der Waals surface area contributed by atoms with E-state index >= 15 is 0 Å². The van der Waals surface area contributed by atoms with Gasteiger partial charge in [-0.1, -0.05) is 12.1 Å². The Morgan fingerprint density at radius 3 is 2.86 bits per heavy atom. The van der Waals surface area contributed by atoms with Gasteiger partial charge in [-0.15, -0.1) is 11.3 Å². The highest BCUT2D eigenvalue weighted by Crippen LogP contribution is 2.30. The molecule has 1 N–H and O–H groups in total. The Bertz CT molecular complexity index is 1150. The van der Waals surface area contributed by atoms with Gasteiger partial charge in [-0.05, 0) is 35.9 Å². The number of halogens is 3. The van der Waals surface area contributed by atoms with Crippen LogP contribution in [0.4, 0.5) is 13.2 Å². The summed E-state index contributed by atoms with van der Waals surface area (Å²) in [6, 6.07) is 10.2. The number of rotatable bonds is 4. The quantitative estimate of drug-likeness (QED) is 0.550. The van der Waals surface area contributed by atoms with Crippen LogP contribution in [-0.2, 0) is 12.7 Å². The topological polar surface area (TPSA) is 59.3 Å². The lowest BCUT2D eigenvalue weighted by atomic mass is 10.1. The van der Waals surface area contributed by atoms with Gasteiger partial charge in [-0.25, -0.2) is 9.50 Å². The van der Waals surface area contributed by atoms with Gasteiger partial charge >= 0.3 is 6.18 Å². The SMILES string of the molecule is O=C(NCc1cccc(C(F)(F)F)c1)c1csc(-c2cnc3cccnn23)c1. The van der Waals surface area contributed by atoms with Gasteiger partial charge in [0.1, 0.15) is 5.69 Å². The Labute approximate surface area is 161 Å². The average molecular weight is 402 g/mol. The van der Waals surface area contributed by atoms with Crippen molar-refractivity contribution >= 4 is 22.9 Å². The third-order valence-electron chi connectivity index (χ3n) is 4.10. The zero-order chi connectivity index (χ0) is 19.7. The summed E-state index contributed by atoms with van der Waals surface area (Å²) in [6.07, 6.45) is -1.09. The first-order valence-electron chi connectivity index (χ1n) is 8.24. The molecule has 0 saturated heterocycles. The van der Waals surface area contributed by atoms with Crippen molar-refractivity contribution in [2.75, 3.05) is 0 Å². The molecule has 0 spiro atoms. The van der Waals surface area contributed by atoms with Gasteiger partial charge in [-0.2, -0.15) is 18.3 Å². The Hall–Kier alpha value is -3.20. The molecule has 0 aliphatic carbocycles. The zero-order valence-corrected chi connectivity index (χ0v) is 15.1. The van der Waals surface area contributed by atoms with E-state index in [2.05, 4.69) is 15.4 Å². The van der Waals surface area contributed by atoms with Gasteiger partial charge in [0.2, 0.25) is 0 Å². The van der Waals surface area contributed by atoms with Crippen LogP contribution in [0.3, 0.4) is 0 Å². The first-order valence-corrected chi connectivity index (χ1v) is 9.12. The van der Waals surface area contributed by atoms with Crippen molar-refractivity contribution in [1.29, 1.82) is 0 Å². The molecule has 0 aliphatic heterocycles. The van der Waals surface area contributed by atoms with Gasteiger partial charge < -0.3 is 5.32 Å². The number of hydrogen-bond donors (Lipinski definition) is 1. The van der Waals surface area contributed by atoms with Gasteiger partial charge in [0, 0.05) is 18.1 Å². The van der Waals surface area contributed by atoms with Crippen LogP contribution in [0.25, 0.3) is 16.2 Å². The molecule has 0 fully saturated rings. The van der Waals surface area contributed by atoms with Crippen LogP contribution in [-0.4, -0.2) is 20.5 Å². The number of benzene rings is 1. The van der Waals surface area contributed by atoms with E-state index in [-0.39, 0.29) is 12.5 Å². The minimum Gasteiger partial charge on any atom is -0.348 e. The Kier molecular flexibility index (Phi) is 4.60. The van der Waals surface area contributed by atoms with E-state index in [4.69, 9.17) is 0 Å². The minimum atomic E-state index is -4.41. The molecule has 3 heterocycles. The fourth-order valence-corrected chi connectivity index (χ4v) is 3.61. The lowest BCUT2D eigenvalue weighted by Crippen LogP contribution is -2.22. The second-order valence-electron chi connectivity index (χ2n) is 6.02. The van der Waals surface area contributed by atoms with E-state index in [0.29, 0.717) is 16.8 Å². The monoisotopic (exact) mass is 402 g/mol. The first kappa shape index (κ1) is 18.2. The maximum atomic E-state index is 12.8. The van der Waals surface area contributed by atoms with Gasteiger partial charge in [0.15, 0.2) is 5.65 Å². The standard InChI is InChI=1S/C19H13F3N4OS/c20-19(21,22)14-4-1-3-12(7-14)9-24-18(27)13-8-16(28-11-13)15-10-23-17-5-2-6-25-26(15)17/h1-8,10-11H,9H2,(H,24,27). The first-order chi connectivity index (χ1) is 13.4. The number of imidazole rings is 1. The molecular formula is C19H13F3N4OS. The third-order valence-corrected chi connectivity index (χ3v) is 5.05. The summed E-state index contributed by atoms with van der Waals surface area (Å²) >= 11 is 1.37. The second kappa shape index (κ2) is 7.08. The fraction of sp³-hybridized carbons (Fsp3) is 0.105. The minimum absolute atomic E-state index is 0.00506. The van der Waals surface area contributed by atoms with E-state index < -0.39 is 11.7 Å². The normalized spacial score (nSPS) is 11.7. The number of carbonyl (C=O) groups is 1. The molecule has 4 aromatic rings. The van der Waals surface area contributed by atoms with E-state index in [9.17, 15) is 18.0 Å². The lowest BCUT2D eigenvalue weighted by molar-refractivity contribution is -0.137. The van der Waals surface area contributed by atoms with Gasteiger partial charge in [0.05, 0.1) is 22.2 Å². The number of thiophene rings is 1. The van der Waals surface area contributed by atoms with Crippen molar-refractivity contribution in [3.05, 3.63) is 76.9 Å². The van der Waals surface area contributed by atoms with E-state index in [1.54, 1.807) is 40.5 Å². The molecule has 0 bridgehead atoms. The highest BCUT2D eigenvalue weighted by molar-refractivity contribution is 7.13. The predicted molar refractivity (Wildman–Crippen MR) is 98.9 cm³/mol. The molecule has 0 atom stereocenters. The number of aromatic nitrogens is 3. The van der Waals surface area contributed by atoms with E-state index in [1.807, 2.05) is 6.07 Å². The van der Waals surface area contributed by atoms with Crippen LogP contribution in [0.2, 0.25) is 0 Å². The maximum Gasteiger partial charge on any atom is 0.416 e. The van der Waals surface area contributed by atoms with Crippen molar-refractivity contribution in [1.82, 2.24) is 19.9 Å². The molecule has 0 aliphatic rings. The molecule has 0 saturated carbocycles. The second-order valence-corrected chi connectivity index (χ2v) is 6.93. The summed E-state index contributed by atoms with van der Waals surface area (Å²) in [7, 11) is 0. The van der Waals surface area contributed by atoms with E-state index in [1.165, 1.54) is 17.4 Å². The number of nitrogens with zero attached hydrogens (tertiary/aromatic N) is 3. The molecule has 0 radical (unpaired) electrons. The molecule has 4 rings (SSSR count). The van der Waals surface area contributed by atoms with Crippen LogP contribution >= 0.6 is 11.3 Å². The summed E-state index contributed by atoms with van der Waals surface area (Å²) in [6.45, 7) is 0.00506. The molecule has 28 heavy (non-hydrogen) atoms. The molecule has 1 aromatic carbocycles. The van der Waals surface area contributed by atoms with E-state index in [0.717, 1.165) is 22.7 Å². The number of nitrogens with one attached hydrogen (secondary N) is 1. The van der Waals surface area contributed by atoms with Crippen LogP contribution in [0.5, 0.6) is 0 Å². The summed E-state index contributed by atoms with van der Waals surface area (Å²) in [4.78, 5) is 17.5. The van der Waals surface area contributed by atoms with Crippen LogP contribution < -0.4 is 5.32 Å². The third kappa shape index (κ3) is 3.61. The Morgan fingerprint density at radius 1 is 1.18 bits per heavy atom. The van der Waals surface area contributed by atoms with Gasteiger partial charge in [-0.3, -0.25) is 4.79 Å². The van der Waals surface area contributed by atoms with Crippen molar-refractivity contribution in [3.8, 4) is 10.6 Å². The highest BCUT2D eigenvalue weighted by Gasteiger charge is 2.30. The summed E-state index contributed by atoms with van der Waals surface area (Å²) < 4.78 is 40.0. The van der Waals surface area contributed by atoms with Gasteiger partial charge in [0.25, 0.3) is 5.91 Å². The smallest absolute Gasteiger partial charge is 0.348 e. The van der Waals surface area contributed by atoms with Crippen molar-refractivity contribution in [3.63, 3.8) is 0 Å². The molecule has 142 valence electrons. The Morgan fingerprint density at radius 2 is 2.04 bits per heavy atom. The summed E-state index contributed by atoms with van der Waals surface area (Å²) in [5.41, 5.74) is 1.53. The summed E-state index contributed by atoms with van der Waals surface area (Å²) in [5, 5.41) is 8.59. The number of amides is 1. The largest absolute Gasteiger partial charge is 0.416 e.